The Morgan fingerprint density at radius 3 is 1.44 bits per heavy atom. The molecule has 150 valence electrons. The highest BCUT2D eigenvalue weighted by Gasteiger charge is 2.13. The summed E-state index contributed by atoms with van der Waals surface area (Å²) in [5, 5.41) is 9.18. The third kappa shape index (κ3) is 16.6. The fourth-order valence-electron chi connectivity index (χ4n) is 3.30. The van der Waals surface area contributed by atoms with Crippen LogP contribution in [0, 0.1) is 23.7 Å². The van der Waals surface area contributed by atoms with Gasteiger partial charge in [0.05, 0.1) is 6.54 Å². The molecule has 0 aliphatic rings. The van der Waals surface area contributed by atoms with Gasteiger partial charge in [-0.3, -0.25) is 9.69 Å². The second-order valence-corrected chi connectivity index (χ2v) is 9.11. The Bertz CT molecular complexity index is 304. The summed E-state index contributed by atoms with van der Waals surface area (Å²) < 4.78 is 0. The molecule has 25 heavy (non-hydrogen) atoms. The Kier molecular flexibility index (Phi) is 14.3. The molecule has 0 amide bonds. The van der Waals surface area contributed by atoms with E-state index in [1.54, 1.807) is 0 Å². The fraction of sp³-hybridized carbons (Fsp3) is 0.955. The minimum Gasteiger partial charge on any atom is -0.480 e. The lowest BCUT2D eigenvalue weighted by atomic mass is 9.96. The first-order valence-corrected chi connectivity index (χ1v) is 10.6. The summed E-state index contributed by atoms with van der Waals surface area (Å²) >= 11 is 0. The smallest absolute Gasteiger partial charge is 0.317 e. The Balaban J connectivity index is 4.08. The summed E-state index contributed by atoms with van der Waals surface area (Å²) in [6, 6.07) is 0. The number of rotatable bonds is 16. The maximum atomic E-state index is 11.2. The molecular formula is C22H45NO2. The lowest BCUT2D eigenvalue weighted by Crippen LogP contribution is -2.33. The van der Waals surface area contributed by atoms with Crippen LogP contribution in [0.3, 0.4) is 0 Å². The van der Waals surface area contributed by atoms with Gasteiger partial charge in [0.2, 0.25) is 0 Å². The molecule has 0 aliphatic carbocycles. The molecule has 0 spiro atoms. The van der Waals surface area contributed by atoms with Gasteiger partial charge in [-0.05, 0) is 49.6 Å². The maximum absolute atomic E-state index is 11.2. The molecule has 0 aromatic heterocycles. The second-order valence-electron chi connectivity index (χ2n) is 9.11. The summed E-state index contributed by atoms with van der Waals surface area (Å²) in [6.45, 7) is 15.8. The van der Waals surface area contributed by atoms with E-state index in [1.165, 1.54) is 38.5 Å². The van der Waals surface area contributed by atoms with E-state index in [2.05, 4.69) is 46.4 Å². The van der Waals surface area contributed by atoms with Crippen molar-refractivity contribution in [2.75, 3.05) is 19.6 Å². The first-order valence-electron chi connectivity index (χ1n) is 10.6. The van der Waals surface area contributed by atoms with Crippen molar-refractivity contribution in [1.82, 2.24) is 4.90 Å². The summed E-state index contributed by atoms with van der Waals surface area (Å²) in [6.07, 6.45) is 9.97. The minimum absolute atomic E-state index is 0.192. The van der Waals surface area contributed by atoms with Crippen molar-refractivity contribution in [2.45, 2.75) is 92.9 Å². The van der Waals surface area contributed by atoms with E-state index in [0.29, 0.717) is 11.8 Å². The van der Waals surface area contributed by atoms with Gasteiger partial charge < -0.3 is 5.11 Å². The highest BCUT2D eigenvalue weighted by atomic mass is 16.4. The summed E-state index contributed by atoms with van der Waals surface area (Å²) in [4.78, 5) is 13.3. The normalized spacial score (nSPS) is 14.4. The van der Waals surface area contributed by atoms with Crippen LogP contribution in [0.4, 0.5) is 0 Å². The van der Waals surface area contributed by atoms with Gasteiger partial charge >= 0.3 is 5.97 Å². The van der Waals surface area contributed by atoms with Gasteiger partial charge in [-0.25, -0.2) is 0 Å². The highest BCUT2D eigenvalue weighted by Crippen LogP contribution is 2.18. The van der Waals surface area contributed by atoms with Gasteiger partial charge in [0.25, 0.3) is 0 Å². The van der Waals surface area contributed by atoms with Gasteiger partial charge in [0.1, 0.15) is 0 Å². The van der Waals surface area contributed by atoms with Crippen molar-refractivity contribution in [2.24, 2.45) is 23.7 Å². The molecule has 0 heterocycles. The Morgan fingerprint density at radius 1 is 0.720 bits per heavy atom. The molecule has 3 nitrogen and oxygen atoms in total. The summed E-state index contributed by atoms with van der Waals surface area (Å²) in [7, 11) is 0. The number of hydrogen-bond acceptors (Lipinski definition) is 2. The monoisotopic (exact) mass is 355 g/mol. The SMILES string of the molecule is CC(C)CCC[C@@H](C)CCN(CC[C@@H](C)CCCC(C)C)CC(=O)O. The lowest BCUT2D eigenvalue weighted by molar-refractivity contribution is -0.138. The Morgan fingerprint density at radius 2 is 1.12 bits per heavy atom. The standard InChI is InChI=1S/C22H45NO2/c1-18(2)9-7-11-20(5)13-15-23(17-22(24)25)16-14-21(6)12-8-10-19(3)4/h18-21H,7-17H2,1-6H3,(H,24,25)/t20-,21+. The van der Waals surface area contributed by atoms with Crippen LogP contribution in [0.1, 0.15) is 92.9 Å². The van der Waals surface area contributed by atoms with E-state index in [1.807, 2.05) is 0 Å². The highest BCUT2D eigenvalue weighted by molar-refractivity contribution is 5.69. The van der Waals surface area contributed by atoms with Crippen LogP contribution in [-0.4, -0.2) is 35.6 Å². The molecule has 0 aliphatic heterocycles. The van der Waals surface area contributed by atoms with Crippen LogP contribution in [0.2, 0.25) is 0 Å². The van der Waals surface area contributed by atoms with Crippen LogP contribution in [0.15, 0.2) is 0 Å². The minimum atomic E-state index is -0.695. The van der Waals surface area contributed by atoms with Gasteiger partial charge in [-0.15, -0.1) is 0 Å². The van der Waals surface area contributed by atoms with E-state index in [-0.39, 0.29) is 6.54 Å². The zero-order valence-corrected chi connectivity index (χ0v) is 17.9. The Hall–Kier alpha value is -0.570. The van der Waals surface area contributed by atoms with Crippen LogP contribution in [-0.2, 0) is 4.79 Å². The molecule has 0 fully saturated rings. The van der Waals surface area contributed by atoms with Crippen molar-refractivity contribution in [1.29, 1.82) is 0 Å². The first-order chi connectivity index (χ1) is 11.7. The van der Waals surface area contributed by atoms with E-state index >= 15 is 0 Å². The molecule has 0 saturated heterocycles. The average molecular weight is 356 g/mol. The van der Waals surface area contributed by atoms with E-state index in [4.69, 9.17) is 0 Å². The van der Waals surface area contributed by atoms with Crippen LogP contribution in [0.25, 0.3) is 0 Å². The van der Waals surface area contributed by atoms with Gasteiger partial charge in [-0.2, -0.15) is 0 Å². The third-order valence-electron chi connectivity index (χ3n) is 5.19. The molecule has 0 radical (unpaired) electrons. The van der Waals surface area contributed by atoms with Crippen LogP contribution >= 0.6 is 0 Å². The van der Waals surface area contributed by atoms with Gasteiger partial charge in [-0.1, -0.05) is 80.1 Å². The molecule has 2 atom stereocenters. The number of aliphatic carboxylic acids is 1. The fourth-order valence-corrected chi connectivity index (χ4v) is 3.30. The van der Waals surface area contributed by atoms with Crippen LogP contribution in [0.5, 0.6) is 0 Å². The molecule has 0 saturated carbocycles. The van der Waals surface area contributed by atoms with Crippen molar-refractivity contribution in [3.05, 3.63) is 0 Å². The molecule has 0 unspecified atom stereocenters. The largest absolute Gasteiger partial charge is 0.480 e. The van der Waals surface area contributed by atoms with Crippen molar-refractivity contribution in [3.63, 3.8) is 0 Å². The molecular weight excluding hydrogens is 310 g/mol. The molecule has 0 rings (SSSR count). The first kappa shape index (κ1) is 24.4. The molecule has 3 heteroatoms. The van der Waals surface area contributed by atoms with Crippen molar-refractivity contribution < 1.29 is 9.90 Å². The zero-order valence-electron chi connectivity index (χ0n) is 17.9. The summed E-state index contributed by atoms with van der Waals surface area (Å²) in [5.74, 6) is 2.26. The number of carboxylic acids is 1. The molecule has 0 bridgehead atoms. The molecule has 0 aromatic rings. The van der Waals surface area contributed by atoms with E-state index in [9.17, 15) is 9.90 Å². The zero-order chi connectivity index (χ0) is 19.2. The third-order valence-corrected chi connectivity index (χ3v) is 5.19. The number of carboxylic acid groups (broad SMARTS) is 1. The molecule has 0 aromatic carbocycles. The van der Waals surface area contributed by atoms with Crippen molar-refractivity contribution >= 4 is 5.97 Å². The number of carbonyl (C=O) groups is 1. The summed E-state index contributed by atoms with van der Waals surface area (Å²) in [5.41, 5.74) is 0. The number of hydrogen-bond donors (Lipinski definition) is 1. The van der Waals surface area contributed by atoms with E-state index < -0.39 is 5.97 Å². The topological polar surface area (TPSA) is 40.5 Å². The van der Waals surface area contributed by atoms with Gasteiger partial charge in [0, 0.05) is 0 Å². The predicted octanol–water partition coefficient (Wildman–Crippen LogP) is 6.08. The average Bonchev–Trinajstić information content (AvgIpc) is 2.48. The quantitative estimate of drug-likeness (QED) is 0.365. The second kappa shape index (κ2) is 14.6. The van der Waals surface area contributed by atoms with E-state index in [0.717, 1.165) is 37.8 Å². The lowest BCUT2D eigenvalue weighted by Gasteiger charge is -2.24. The molecule has 1 N–H and O–H groups in total. The van der Waals surface area contributed by atoms with Gasteiger partial charge in [0.15, 0.2) is 0 Å². The Labute approximate surface area is 157 Å². The van der Waals surface area contributed by atoms with Crippen molar-refractivity contribution in [3.8, 4) is 0 Å². The number of nitrogens with zero attached hydrogens (tertiary/aromatic N) is 1. The predicted molar refractivity (Wildman–Crippen MR) is 109 cm³/mol. The van der Waals surface area contributed by atoms with Crippen LogP contribution < -0.4 is 0 Å². The maximum Gasteiger partial charge on any atom is 0.317 e.